The van der Waals surface area contributed by atoms with Gasteiger partial charge in [0.2, 0.25) is 11.8 Å². The Kier molecular flexibility index (Phi) is 15.2. The van der Waals surface area contributed by atoms with Gasteiger partial charge in [0.15, 0.2) is 22.9 Å². The summed E-state index contributed by atoms with van der Waals surface area (Å²) in [7, 11) is 1.56. The lowest BCUT2D eigenvalue weighted by atomic mass is 10.0. The molecule has 13 heteroatoms. The fraction of sp³-hybridized carbons (Fsp3) is 0.436. The van der Waals surface area contributed by atoms with Crippen molar-refractivity contribution in [1.82, 2.24) is 20.1 Å². The highest BCUT2D eigenvalue weighted by Crippen LogP contribution is 2.30. The van der Waals surface area contributed by atoms with Crippen LogP contribution in [0.15, 0.2) is 71.3 Å². The molecule has 0 aliphatic rings. The number of anilines is 1. The van der Waals surface area contributed by atoms with Gasteiger partial charge in [-0.05, 0) is 82.9 Å². The minimum Gasteiger partial charge on any atom is -0.493 e. The van der Waals surface area contributed by atoms with Crippen LogP contribution >= 0.6 is 12.8 Å². The first kappa shape index (κ1) is 40.0. The van der Waals surface area contributed by atoms with E-state index in [9.17, 15) is 14.4 Å². The van der Waals surface area contributed by atoms with Gasteiger partial charge in [-0.25, -0.2) is 0 Å². The van der Waals surface area contributed by atoms with Gasteiger partial charge in [-0.1, -0.05) is 61.6 Å². The van der Waals surface area contributed by atoms with E-state index in [4.69, 9.17) is 18.7 Å². The summed E-state index contributed by atoms with van der Waals surface area (Å²) < 4.78 is 25.7. The van der Waals surface area contributed by atoms with Crippen molar-refractivity contribution in [2.24, 2.45) is 0 Å². The standard InChI is InChI=1S/C39H51N5O7S/c1-7-13-31(43-52)37(45)40-32(22-27-14-9-8-10-15-27)38(46)41-36-30-18-17-29(24-34(30)51-42-36)49-20-11-12-21-50-33-19-16-28(23-35(33)48-6)39(47)44(25(2)3)26(4)5/h8-10,14-19,23-26,31-32,43,52H,7,11-13,20-22H2,1-6H3,(H,40,45)(H,41,42,46)/t31-,32-/m0/s1. The zero-order chi connectivity index (χ0) is 37.6. The first-order valence-electron chi connectivity index (χ1n) is 17.8. The van der Waals surface area contributed by atoms with E-state index in [1.807, 2.05) is 69.9 Å². The van der Waals surface area contributed by atoms with Gasteiger partial charge in [0.25, 0.3) is 5.91 Å². The molecule has 0 unspecified atom stereocenters. The summed E-state index contributed by atoms with van der Waals surface area (Å²) in [5.74, 6) is 1.14. The van der Waals surface area contributed by atoms with Crippen molar-refractivity contribution in [2.75, 3.05) is 25.6 Å². The fourth-order valence-corrected chi connectivity index (χ4v) is 6.13. The Morgan fingerprint density at radius 1 is 0.865 bits per heavy atom. The molecule has 3 amide bonds. The number of fused-ring (bicyclic) bond motifs is 1. The van der Waals surface area contributed by atoms with E-state index in [-0.39, 0.29) is 29.7 Å². The molecule has 0 spiro atoms. The Balaban J connectivity index is 1.30. The molecule has 0 aliphatic carbocycles. The zero-order valence-corrected chi connectivity index (χ0v) is 31.7. The lowest BCUT2D eigenvalue weighted by Crippen LogP contribution is -2.51. The van der Waals surface area contributed by atoms with Crippen molar-refractivity contribution in [2.45, 2.75) is 90.9 Å². The number of hydrogen-bond acceptors (Lipinski definition) is 10. The average molecular weight is 734 g/mol. The van der Waals surface area contributed by atoms with E-state index in [2.05, 4.69) is 33.3 Å². The van der Waals surface area contributed by atoms with Crippen molar-refractivity contribution >= 4 is 47.3 Å². The summed E-state index contributed by atoms with van der Waals surface area (Å²) in [5.41, 5.74) is 1.90. The maximum Gasteiger partial charge on any atom is 0.254 e. The minimum absolute atomic E-state index is 0.0483. The summed E-state index contributed by atoms with van der Waals surface area (Å²) >= 11 is 4.10. The topological polar surface area (TPSA) is 144 Å². The van der Waals surface area contributed by atoms with Crippen LogP contribution in [0.2, 0.25) is 0 Å². The average Bonchev–Trinajstić information content (AvgIpc) is 3.53. The summed E-state index contributed by atoms with van der Waals surface area (Å²) in [4.78, 5) is 41.4. The fourth-order valence-electron chi connectivity index (χ4n) is 5.89. The normalized spacial score (nSPS) is 12.4. The van der Waals surface area contributed by atoms with Crippen LogP contribution < -0.4 is 29.6 Å². The number of amides is 3. The number of methoxy groups -OCH3 is 1. The van der Waals surface area contributed by atoms with Crippen LogP contribution in [0.25, 0.3) is 11.0 Å². The maximum absolute atomic E-state index is 13.5. The van der Waals surface area contributed by atoms with Crippen LogP contribution in [0.1, 0.15) is 76.2 Å². The number of unbranched alkanes of at least 4 members (excludes halogenated alkanes) is 1. The second-order valence-corrected chi connectivity index (χ2v) is 13.3. The molecule has 2 atom stereocenters. The van der Waals surface area contributed by atoms with Crippen LogP contribution in [0.3, 0.4) is 0 Å². The van der Waals surface area contributed by atoms with E-state index < -0.39 is 18.0 Å². The third-order valence-electron chi connectivity index (χ3n) is 8.47. The Morgan fingerprint density at radius 3 is 2.23 bits per heavy atom. The van der Waals surface area contributed by atoms with E-state index in [1.165, 1.54) is 0 Å². The number of benzene rings is 3. The molecule has 280 valence electrons. The number of carbonyl (C=O) groups is 3. The third kappa shape index (κ3) is 10.9. The first-order valence-corrected chi connectivity index (χ1v) is 18.2. The van der Waals surface area contributed by atoms with Gasteiger partial charge in [-0.3, -0.25) is 19.1 Å². The Morgan fingerprint density at radius 2 is 1.58 bits per heavy atom. The van der Waals surface area contributed by atoms with Crippen LogP contribution in [-0.4, -0.2) is 72.3 Å². The molecule has 0 fully saturated rings. The molecule has 1 heterocycles. The molecule has 52 heavy (non-hydrogen) atoms. The van der Waals surface area contributed by atoms with Gasteiger partial charge in [0.1, 0.15) is 11.8 Å². The minimum atomic E-state index is -0.857. The van der Waals surface area contributed by atoms with E-state index in [1.54, 1.807) is 43.5 Å². The number of nitrogens with zero attached hydrogens (tertiary/aromatic N) is 2. The zero-order valence-electron chi connectivity index (χ0n) is 30.8. The van der Waals surface area contributed by atoms with Crippen molar-refractivity contribution < 1.29 is 33.1 Å². The monoisotopic (exact) mass is 733 g/mol. The molecule has 4 aromatic rings. The van der Waals surface area contributed by atoms with Gasteiger partial charge in [-0.15, -0.1) is 0 Å². The molecule has 4 rings (SSSR count). The van der Waals surface area contributed by atoms with Crippen molar-refractivity contribution in [3.63, 3.8) is 0 Å². The number of nitrogens with one attached hydrogen (secondary N) is 3. The molecular formula is C39H51N5O7S. The summed E-state index contributed by atoms with van der Waals surface area (Å²) in [6.45, 7) is 10.9. The number of hydrogen-bond donors (Lipinski definition) is 4. The number of carbonyl (C=O) groups excluding carboxylic acids is 3. The van der Waals surface area contributed by atoms with Gasteiger partial charge in [-0.2, -0.15) is 0 Å². The van der Waals surface area contributed by atoms with Crippen molar-refractivity contribution in [1.29, 1.82) is 0 Å². The molecular weight excluding hydrogens is 683 g/mol. The molecule has 3 aromatic carbocycles. The Bertz CT molecular complexity index is 1760. The molecule has 0 radical (unpaired) electrons. The van der Waals surface area contributed by atoms with Crippen LogP contribution in [0.5, 0.6) is 17.2 Å². The Hall–Kier alpha value is -4.75. The number of ether oxygens (including phenoxy) is 3. The molecule has 3 N–H and O–H groups in total. The first-order chi connectivity index (χ1) is 25.1. The summed E-state index contributed by atoms with van der Waals surface area (Å²) in [6, 6.07) is 18.8. The molecule has 0 saturated carbocycles. The summed E-state index contributed by atoms with van der Waals surface area (Å²) in [6.07, 6.45) is 3.09. The Labute approximate surface area is 311 Å². The lowest BCUT2D eigenvalue weighted by Gasteiger charge is -2.31. The third-order valence-corrected chi connectivity index (χ3v) is 8.78. The van der Waals surface area contributed by atoms with Gasteiger partial charge >= 0.3 is 0 Å². The second-order valence-electron chi connectivity index (χ2n) is 13.1. The highest BCUT2D eigenvalue weighted by atomic mass is 32.1. The van der Waals surface area contributed by atoms with Crippen LogP contribution in [-0.2, 0) is 16.0 Å². The van der Waals surface area contributed by atoms with Gasteiger partial charge in [0.05, 0.1) is 31.8 Å². The summed E-state index contributed by atoms with van der Waals surface area (Å²) in [5, 5.41) is 10.4. The van der Waals surface area contributed by atoms with E-state index in [0.29, 0.717) is 59.8 Å². The highest BCUT2D eigenvalue weighted by molar-refractivity contribution is 7.78. The van der Waals surface area contributed by atoms with Crippen molar-refractivity contribution in [3.8, 4) is 17.2 Å². The quantitative estimate of drug-likeness (QED) is 0.0583. The molecule has 12 nitrogen and oxygen atoms in total. The lowest BCUT2D eigenvalue weighted by molar-refractivity contribution is -0.127. The molecule has 0 saturated heterocycles. The maximum atomic E-state index is 13.5. The molecule has 1 aromatic heterocycles. The van der Waals surface area contributed by atoms with E-state index in [0.717, 1.165) is 24.8 Å². The number of aromatic nitrogens is 1. The second kappa shape index (κ2) is 19.7. The van der Waals surface area contributed by atoms with Gasteiger partial charge in [0, 0.05) is 30.1 Å². The van der Waals surface area contributed by atoms with Gasteiger partial charge < -0.3 is 34.3 Å². The number of thiol groups is 1. The van der Waals surface area contributed by atoms with Crippen molar-refractivity contribution in [3.05, 3.63) is 77.9 Å². The number of rotatable bonds is 20. The smallest absolute Gasteiger partial charge is 0.254 e. The van der Waals surface area contributed by atoms with E-state index >= 15 is 0 Å². The molecule has 0 aliphatic heterocycles. The SMILES string of the molecule is CCC[C@H](NS)C(=O)N[C@@H](Cc1ccccc1)C(=O)Nc1noc2cc(OCCCCOc3ccc(C(=O)N(C(C)C)C(C)C)cc3OC)ccc12. The predicted octanol–water partition coefficient (Wildman–Crippen LogP) is 6.60. The van der Waals surface area contributed by atoms with Crippen LogP contribution in [0, 0.1) is 0 Å². The molecule has 0 bridgehead atoms. The largest absolute Gasteiger partial charge is 0.493 e. The predicted molar refractivity (Wildman–Crippen MR) is 205 cm³/mol. The van der Waals surface area contributed by atoms with Crippen LogP contribution in [0.4, 0.5) is 5.82 Å². The highest BCUT2D eigenvalue weighted by Gasteiger charge is 2.27.